The number of carboxylic acid groups (broad SMARTS) is 1. The Kier molecular flexibility index (Phi) is 4.24. The smallest absolute Gasteiger partial charge is 0.335 e. The largest absolute Gasteiger partial charge is 0.478 e. The first-order chi connectivity index (χ1) is 12.5. The normalized spacial score (nSPS) is 14.5. The van der Waals surface area contributed by atoms with Crippen LogP contribution in [0.5, 0.6) is 0 Å². The Morgan fingerprint density at radius 1 is 1.27 bits per heavy atom. The first-order valence-electron chi connectivity index (χ1n) is 9.00. The molecule has 0 aliphatic carbocycles. The molecule has 0 atom stereocenters. The minimum atomic E-state index is -0.872. The second kappa shape index (κ2) is 6.57. The zero-order chi connectivity index (χ0) is 18.3. The molecule has 4 rings (SSSR count). The average Bonchev–Trinajstić information content (AvgIpc) is 2.93. The number of fused-ring (bicyclic) bond motifs is 3. The van der Waals surface area contributed by atoms with E-state index < -0.39 is 5.97 Å². The Hall–Kier alpha value is -2.66. The van der Waals surface area contributed by atoms with Gasteiger partial charge in [-0.2, -0.15) is 0 Å². The summed E-state index contributed by atoms with van der Waals surface area (Å²) in [7, 11) is 2.12. The fourth-order valence-electron chi connectivity index (χ4n) is 3.86. The summed E-state index contributed by atoms with van der Waals surface area (Å²) in [5, 5.41) is 10.4. The van der Waals surface area contributed by atoms with Crippen LogP contribution in [0.3, 0.4) is 0 Å². The van der Waals surface area contributed by atoms with Crippen LogP contribution in [0.1, 0.15) is 32.9 Å². The highest BCUT2D eigenvalue weighted by atomic mass is 16.4. The van der Waals surface area contributed by atoms with Crippen molar-refractivity contribution in [3.05, 3.63) is 64.6 Å². The summed E-state index contributed by atoms with van der Waals surface area (Å²) in [6.07, 6.45) is 3.86. The van der Waals surface area contributed by atoms with Crippen molar-refractivity contribution in [2.45, 2.75) is 32.9 Å². The first kappa shape index (κ1) is 16.8. The number of rotatable bonds is 4. The second-order valence-electron chi connectivity index (χ2n) is 7.16. The number of hydrogen-bond acceptors (Lipinski definition) is 3. The maximum absolute atomic E-state index is 11.4. The molecule has 3 aromatic rings. The van der Waals surface area contributed by atoms with Gasteiger partial charge in [0.2, 0.25) is 0 Å². The molecule has 1 aliphatic heterocycles. The number of aromatic carboxylic acids is 1. The first-order valence-corrected chi connectivity index (χ1v) is 9.00. The summed E-state index contributed by atoms with van der Waals surface area (Å²) in [6, 6.07) is 9.69. The van der Waals surface area contributed by atoms with Gasteiger partial charge in [0.1, 0.15) is 0 Å². The lowest BCUT2D eigenvalue weighted by molar-refractivity contribution is 0.0697. The van der Waals surface area contributed by atoms with Crippen molar-refractivity contribution in [3.63, 3.8) is 0 Å². The molecule has 0 bridgehead atoms. The summed E-state index contributed by atoms with van der Waals surface area (Å²) in [4.78, 5) is 18.1. The van der Waals surface area contributed by atoms with Crippen molar-refractivity contribution in [3.8, 4) is 0 Å². The molecule has 0 fully saturated rings. The number of hydrogen-bond donors (Lipinski definition) is 1. The molecule has 0 saturated carbocycles. The zero-order valence-electron chi connectivity index (χ0n) is 15.2. The Balaban J connectivity index is 1.75. The molecular weight excluding hydrogens is 326 g/mol. The van der Waals surface area contributed by atoms with Gasteiger partial charge < -0.3 is 14.6 Å². The van der Waals surface area contributed by atoms with Gasteiger partial charge in [0, 0.05) is 54.5 Å². The standard InChI is InChI=1S/C21H23N3O2/c1-14-3-4-15(12-22-14)7-10-24-19-6-5-16(21(25)26)11-17(19)18-13-23(2)9-8-20(18)24/h3-6,11-12H,7-10,13H2,1-2H3,(H,25,26). The lowest BCUT2D eigenvalue weighted by Crippen LogP contribution is -2.27. The van der Waals surface area contributed by atoms with E-state index in [0.717, 1.165) is 49.1 Å². The number of benzene rings is 1. The number of pyridine rings is 1. The maximum atomic E-state index is 11.4. The fraction of sp³-hybridized carbons (Fsp3) is 0.333. The van der Waals surface area contributed by atoms with Crippen LogP contribution in [0.4, 0.5) is 0 Å². The van der Waals surface area contributed by atoms with Crippen LogP contribution < -0.4 is 0 Å². The highest BCUT2D eigenvalue weighted by Gasteiger charge is 2.23. The number of carboxylic acids is 1. The lowest BCUT2D eigenvalue weighted by atomic mass is 10.0. The summed E-state index contributed by atoms with van der Waals surface area (Å²) in [5.74, 6) is -0.872. The number of nitrogens with zero attached hydrogens (tertiary/aromatic N) is 3. The third kappa shape index (κ3) is 2.99. The number of aryl methyl sites for hydroxylation is 3. The summed E-state index contributed by atoms with van der Waals surface area (Å²) >= 11 is 0. The molecule has 1 aromatic carbocycles. The topological polar surface area (TPSA) is 58.4 Å². The Bertz CT molecular complexity index is 973. The van der Waals surface area contributed by atoms with Gasteiger partial charge in [-0.1, -0.05) is 6.07 Å². The van der Waals surface area contributed by atoms with Gasteiger partial charge in [-0.05, 0) is 55.8 Å². The molecular formula is C21H23N3O2. The molecule has 3 heterocycles. The minimum Gasteiger partial charge on any atom is -0.478 e. The van der Waals surface area contributed by atoms with E-state index in [4.69, 9.17) is 0 Å². The van der Waals surface area contributed by atoms with Crippen LogP contribution in [0.15, 0.2) is 36.5 Å². The Morgan fingerprint density at radius 3 is 2.85 bits per heavy atom. The average molecular weight is 349 g/mol. The maximum Gasteiger partial charge on any atom is 0.335 e. The lowest BCUT2D eigenvalue weighted by Gasteiger charge is -2.24. The third-order valence-corrected chi connectivity index (χ3v) is 5.29. The zero-order valence-corrected chi connectivity index (χ0v) is 15.2. The van der Waals surface area contributed by atoms with E-state index in [0.29, 0.717) is 5.56 Å². The van der Waals surface area contributed by atoms with Crippen LogP contribution in [-0.4, -0.2) is 39.1 Å². The van der Waals surface area contributed by atoms with E-state index >= 15 is 0 Å². The van der Waals surface area contributed by atoms with Crippen LogP contribution in [-0.2, 0) is 25.9 Å². The van der Waals surface area contributed by atoms with E-state index in [2.05, 4.69) is 27.6 Å². The summed E-state index contributed by atoms with van der Waals surface area (Å²) in [6.45, 7) is 4.78. The molecule has 134 valence electrons. The predicted octanol–water partition coefficient (Wildman–Crippen LogP) is 3.27. The number of aromatic nitrogens is 2. The SMILES string of the molecule is Cc1ccc(CCn2c3c(c4cc(C(=O)O)ccc42)CN(C)CC3)cn1. The van der Waals surface area contributed by atoms with Crippen LogP contribution in [0.25, 0.3) is 10.9 Å². The highest BCUT2D eigenvalue weighted by molar-refractivity contribution is 5.95. The number of likely N-dealkylation sites (N-methyl/N-ethyl adjacent to an activating group) is 1. The second-order valence-corrected chi connectivity index (χ2v) is 7.16. The Morgan fingerprint density at radius 2 is 2.12 bits per heavy atom. The van der Waals surface area contributed by atoms with Gasteiger partial charge >= 0.3 is 5.97 Å². The summed E-state index contributed by atoms with van der Waals surface area (Å²) in [5.41, 5.74) is 6.37. The molecule has 0 spiro atoms. The molecule has 0 amide bonds. The van der Waals surface area contributed by atoms with Crippen LogP contribution in [0.2, 0.25) is 0 Å². The van der Waals surface area contributed by atoms with Gasteiger partial charge in [0.25, 0.3) is 0 Å². The van der Waals surface area contributed by atoms with Crippen molar-refractivity contribution in [2.75, 3.05) is 13.6 Å². The van der Waals surface area contributed by atoms with Crippen molar-refractivity contribution < 1.29 is 9.90 Å². The molecule has 5 heteroatoms. The van der Waals surface area contributed by atoms with E-state index in [1.807, 2.05) is 31.3 Å². The van der Waals surface area contributed by atoms with Gasteiger partial charge in [0.05, 0.1) is 5.56 Å². The van der Waals surface area contributed by atoms with Gasteiger partial charge in [0.15, 0.2) is 0 Å². The molecule has 5 nitrogen and oxygen atoms in total. The monoisotopic (exact) mass is 349 g/mol. The van der Waals surface area contributed by atoms with Crippen molar-refractivity contribution in [1.82, 2.24) is 14.5 Å². The molecule has 1 aliphatic rings. The predicted molar refractivity (Wildman–Crippen MR) is 102 cm³/mol. The van der Waals surface area contributed by atoms with Gasteiger partial charge in [-0.3, -0.25) is 4.98 Å². The van der Waals surface area contributed by atoms with E-state index in [-0.39, 0.29) is 0 Å². The molecule has 0 saturated heterocycles. The van der Waals surface area contributed by atoms with Gasteiger partial charge in [-0.15, -0.1) is 0 Å². The van der Waals surface area contributed by atoms with E-state index in [9.17, 15) is 9.90 Å². The molecule has 2 aromatic heterocycles. The summed E-state index contributed by atoms with van der Waals surface area (Å²) < 4.78 is 2.38. The van der Waals surface area contributed by atoms with Crippen LogP contribution in [0, 0.1) is 6.92 Å². The van der Waals surface area contributed by atoms with Gasteiger partial charge in [-0.25, -0.2) is 4.79 Å². The van der Waals surface area contributed by atoms with Crippen molar-refractivity contribution in [1.29, 1.82) is 0 Å². The van der Waals surface area contributed by atoms with Crippen molar-refractivity contribution >= 4 is 16.9 Å². The fourth-order valence-corrected chi connectivity index (χ4v) is 3.86. The molecule has 0 unspecified atom stereocenters. The van der Waals surface area contributed by atoms with Crippen molar-refractivity contribution in [2.24, 2.45) is 0 Å². The van der Waals surface area contributed by atoms with E-state index in [1.54, 1.807) is 6.07 Å². The number of carbonyl (C=O) groups is 1. The molecule has 0 radical (unpaired) electrons. The third-order valence-electron chi connectivity index (χ3n) is 5.29. The minimum absolute atomic E-state index is 0.355. The molecule has 26 heavy (non-hydrogen) atoms. The van der Waals surface area contributed by atoms with E-state index in [1.165, 1.54) is 16.8 Å². The Labute approximate surface area is 152 Å². The highest BCUT2D eigenvalue weighted by Crippen LogP contribution is 2.31. The molecule has 1 N–H and O–H groups in total. The van der Waals surface area contributed by atoms with Crippen LogP contribution >= 0.6 is 0 Å². The quantitative estimate of drug-likeness (QED) is 0.785.